The van der Waals surface area contributed by atoms with Gasteiger partial charge in [0, 0.05) is 17.1 Å². The minimum atomic E-state index is -0.275. The van der Waals surface area contributed by atoms with E-state index in [9.17, 15) is 9.90 Å². The van der Waals surface area contributed by atoms with E-state index in [0.29, 0.717) is 17.0 Å². The summed E-state index contributed by atoms with van der Waals surface area (Å²) in [7, 11) is 0. The van der Waals surface area contributed by atoms with E-state index in [1.165, 1.54) is 0 Å². The lowest BCUT2D eigenvalue weighted by molar-refractivity contribution is 0.467. The molecular weight excluding hydrogens is 316 g/mol. The summed E-state index contributed by atoms with van der Waals surface area (Å²) in [5.74, 6) is 0.273. The first-order chi connectivity index (χ1) is 12.0. The number of nitrogens with one attached hydrogen (secondary N) is 2. The molecule has 0 saturated carbocycles. The fourth-order valence-electron chi connectivity index (χ4n) is 2.96. The molecule has 0 atom stereocenters. The van der Waals surface area contributed by atoms with Crippen LogP contribution in [0.3, 0.4) is 0 Å². The molecule has 3 N–H and O–H groups in total. The molecule has 6 nitrogen and oxygen atoms in total. The number of H-pyrrole nitrogens is 2. The van der Waals surface area contributed by atoms with Gasteiger partial charge in [-0.1, -0.05) is 0 Å². The van der Waals surface area contributed by atoms with Gasteiger partial charge >= 0.3 is 0 Å². The van der Waals surface area contributed by atoms with Crippen LogP contribution in [0.25, 0.3) is 33.5 Å². The van der Waals surface area contributed by atoms with Gasteiger partial charge in [0.2, 0.25) is 0 Å². The van der Waals surface area contributed by atoms with E-state index < -0.39 is 0 Å². The highest BCUT2D eigenvalue weighted by molar-refractivity contribution is 5.83. The molecule has 0 aliphatic carbocycles. The second-order valence-corrected chi connectivity index (χ2v) is 6.08. The van der Waals surface area contributed by atoms with Crippen molar-refractivity contribution in [3.63, 3.8) is 0 Å². The van der Waals surface area contributed by atoms with Crippen molar-refractivity contribution in [3.8, 4) is 28.3 Å². The minimum Gasteiger partial charge on any atom is -0.507 e. The Morgan fingerprint density at radius 3 is 2.56 bits per heavy atom. The van der Waals surface area contributed by atoms with E-state index in [2.05, 4.69) is 20.2 Å². The molecule has 0 bridgehead atoms. The quantitative estimate of drug-likeness (QED) is 0.525. The highest BCUT2D eigenvalue weighted by Gasteiger charge is 2.12. The molecule has 4 rings (SSSR count). The molecule has 0 saturated heterocycles. The van der Waals surface area contributed by atoms with Gasteiger partial charge in [-0.2, -0.15) is 5.10 Å². The molecular formula is C19H16N4O2. The molecule has 0 amide bonds. The van der Waals surface area contributed by atoms with Gasteiger partial charge in [0.25, 0.3) is 5.56 Å². The molecule has 25 heavy (non-hydrogen) atoms. The Bertz CT molecular complexity index is 1100. The monoisotopic (exact) mass is 332 g/mol. The third-order valence-electron chi connectivity index (χ3n) is 4.27. The first-order valence-corrected chi connectivity index (χ1v) is 7.87. The van der Waals surface area contributed by atoms with Crippen molar-refractivity contribution >= 4 is 11.0 Å². The van der Waals surface area contributed by atoms with Crippen molar-refractivity contribution in [2.24, 2.45) is 0 Å². The van der Waals surface area contributed by atoms with E-state index in [-0.39, 0.29) is 11.3 Å². The van der Waals surface area contributed by atoms with E-state index in [4.69, 9.17) is 0 Å². The average molecular weight is 332 g/mol. The summed E-state index contributed by atoms with van der Waals surface area (Å²) in [4.78, 5) is 19.7. The summed E-state index contributed by atoms with van der Waals surface area (Å²) in [5, 5.41) is 17.6. The van der Waals surface area contributed by atoms with Gasteiger partial charge in [-0.3, -0.25) is 4.79 Å². The second-order valence-electron chi connectivity index (χ2n) is 6.08. The van der Waals surface area contributed by atoms with Gasteiger partial charge in [0.05, 0.1) is 17.0 Å². The maximum Gasteiger partial charge on any atom is 0.273 e. The lowest BCUT2D eigenvalue weighted by Gasteiger charge is -2.08. The third kappa shape index (κ3) is 2.57. The molecule has 1 aromatic carbocycles. The molecule has 0 fully saturated rings. The minimum absolute atomic E-state index is 0.273. The second kappa shape index (κ2) is 5.59. The number of aromatic nitrogens is 4. The van der Waals surface area contributed by atoms with Crippen molar-refractivity contribution in [2.45, 2.75) is 13.8 Å². The number of phenolic OH excluding ortho intramolecular Hbond substituents is 1. The van der Waals surface area contributed by atoms with Gasteiger partial charge in [0.1, 0.15) is 11.4 Å². The van der Waals surface area contributed by atoms with E-state index in [0.717, 1.165) is 27.7 Å². The Morgan fingerprint density at radius 2 is 1.84 bits per heavy atom. The number of aromatic hydroxyl groups is 1. The topological polar surface area (TPSA) is 94.7 Å². The molecule has 6 heteroatoms. The predicted octanol–water partition coefficient (Wildman–Crippen LogP) is 3.30. The highest BCUT2D eigenvalue weighted by atomic mass is 16.3. The van der Waals surface area contributed by atoms with Crippen LogP contribution in [0, 0.1) is 13.8 Å². The average Bonchev–Trinajstić information content (AvgIpc) is 3.03. The Labute approximate surface area is 143 Å². The molecule has 3 aromatic heterocycles. The number of benzene rings is 1. The molecule has 4 aromatic rings. The van der Waals surface area contributed by atoms with Gasteiger partial charge in [-0.15, -0.1) is 0 Å². The zero-order valence-electron chi connectivity index (χ0n) is 13.8. The predicted molar refractivity (Wildman–Crippen MR) is 96.5 cm³/mol. The van der Waals surface area contributed by atoms with Crippen LogP contribution in [0.4, 0.5) is 0 Å². The van der Waals surface area contributed by atoms with Crippen LogP contribution in [-0.2, 0) is 0 Å². The Hall–Kier alpha value is -3.41. The van der Waals surface area contributed by atoms with Crippen molar-refractivity contribution in [1.29, 1.82) is 0 Å². The van der Waals surface area contributed by atoms with Gasteiger partial charge in [-0.25, -0.2) is 10.1 Å². The van der Waals surface area contributed by atoms with Crippen LogP contribution in [-0.4, -0.2) is 25.3 Å². The summed E-state index contributed by atoms with van der Waals surface area (Å²) in [6, 6.07) is 11.1. The highest BCUT2D eigenvalue weighted by Crippen LogP contribution is 2.29. The van der Waals surface area contributed by atoms with Crippen LogP contribution in [0.1, 0.15) is 11.1 Å². The van der Waals surface area contributed by atoms with Crippen LogP contribution < -0.4 is 5.56 Å². The fourth-order valence-corrected chi connectivity index (χ4v) is 2.96. The summed E-state index contributed by atoms with van der Waals surface area (Å²) < 4.78 is 0. The lowest BCUT2D eigenvalue weighted by Crippen LogP contribution is -2.11. The summed E-state index contributed by atoms with van der Waals surface area (Å²) in [6.07, 6.45) is 1.70. The number of nitrogens with zero attached hydrogens (tertiary/aromatic N) is 2. The maximum absolute atomic E-state index is 12.3. The zero-order valence-corrected chi connectivity index (χ0v) is 13.8. The van der Waals surface area contributed by atoms with Gasteiger partial charge < -0.3 is 10.1 Å². The molecule has 0 aliphatic rings. The fraction of sp³-hybridized carbons (Fsp3) is 0.105. The molecule has 0 unspecified atom stereocenters. The number of pyridine rings is 1. The SMILES string of the molecule is Cc1cc(-c2cc(-c3cc4cccnc4[nH]3)c(=O)[nH]n2)cc(C)c1O. The number of hydrogen-bond acceptors (Lipinski definition) is 4. The number of hydrogen-bond donors (Lipinski definition) is 3. The Balaban J connectivity index is 1.88. The normalized spacial score (nSPS) is 11.1. The molecule has 0 aliphatic heterocycles. The largest absolute Gasteiger partial charge is 0.507 e. The van der Waals surface area contributed by atoms with Gasteiger partial charge in [-0.05, 0) is 61.4 Å². The summed E-state index contributed by atoms with van der Waals surface area (Å²) in [6.45, 7) is 3.67. The number of phenols is 1. The van der Waals surface area contributed by atoms with Crippen LogP contribution in [0.15, 0.2) is 47.4 Å². The molecule has 0 spiro atoms. The molecule has 0 radical (unpaired) electrons. The van der Waals surface area contributed by atoms with Crippen molar-refractivity contribution < 1.29 is 5.11 Å². The molecule has 3 heterocycles. The first-order valence-electron chi connectivity index (χ1n) is 7.87. The molecule has 124 valence electrons. The number of rotatable bonds is 2. The van der Waals surface area contributed by atoms with E-state index >= 15 is 0 Å². The van der Waals surface area contributed by atoms with Crippen molar-refractivity contribution in [1.82, 2.24) is 20.2 Å². The zero-order chi connectivity index (χ0) is 17.6. The standard InChI is InChI=1S/C19H16N4O2/c1-10-6-13(7-11(2)17(10)24)15-9-14(19(25)23-22-15)16-8-12-4-3-5-20-18(12)21-16/h3-9,24H,1-2H3,(H,20,21)(H,23,25). The number of fused-ring (bicyclic) bond motifs is 1. The van der Waals surface area contributed by atoms with Gasteiger partial charge in [0.15, 0.2) is 0 Å². The smallest absolute Gasteiger partial charge is 0.273 e. The Morgan fingerprint density at radius 1 is 1.08 bits per heavy atom. The lowest BCUT2D eigenvalue weighted by atomic mass is 10.0. The summed E-state index contributed by atoms with van der Waals surface area (Å²) in [5.41, 5.74) is 4.62. The van der Waals surface area contributed by atoms with Crippen molar-refractivity contribution in [3.05, 3.63) is 64.1 Å². The van der Waals surface area contributed by atoms with Crippen LogP contribution in [0.5, 0.6) is 5.75 Å². The maximum atomic E-state index is 12.3. The van der Waals surface area contributed by atoms with Crippen LogP contribution >= 0.6 is 0 Å². The first kappa shape index (κ1) is 15.1. The third-order valence-corrected chi connectivity index (χ3v) is 4.27. The van der Waals surface area contributed by atoms with E-state index in [1.807, 2.05) is 44.2 Å². The Kier molecular flexibility index (Phi) is 3.39. The number of aryl methyl sites for hydroxylation is 2. The van der Waals surface area contributed by atoms with Crippen molar-refractivity contribution in [2.75, 3.05) is 0 Å². The van der Waals surface area contributed by atoms with E-state index in [1.54, 1.807) is 12.3 Å². The number of aromatic amines is 2. The summed E-state index contributed by atoms with van der Waals surface area (Å²) >= 11 is 0. The van der Waals surface area contributed by atoms with Crippen LogP contribution in [0.2, 0.25) is 0 Å².